The number of aromatic nitrogens is 1. The van der Waals surface area contributed by atoms with E-state index in [-0.39, 0.29) is 11.0 Å². The molecule has 0 saturated carbocycles. The van der Waals surface area contributed by atoms with Crippen molar-refractivity contribution in [1.29, 1.82) is 0 Å². The maximum atomic E-state index is 2.56. The number of para-hydroxylation sites is 3. The molecule has 0 radical (unpaired) electrons. The summed E-state index contributed by atoms with van der Waals surface area (Å²) in [7, 11) is 0. The van der Waals surface area contributed by atoms with Gasteiger partial charge in [0.05, 0.1) is 16.6 Å². The minimum atomic E-state index is -0.232. The second-order valence-electron chi connectivity index (χ2n) is 19.1. The highest BCUT2D eigenvalue weighted by Gasteiger charge is 2.47. The fraction of sp³-hybridized carbons (Fsp3) is 0.129. The Morgan fingerprint density at radius 1 is 0.554 bits per heavy atom. The van der Waals surface area contributed by atoms with Crippen LogP contribution in [0, 0.1) is 5.92 Å². The van der Waals surface area contributed by atoms with Crippen LogP contribution in [-0.2, 0) is 5.41 Å². The van der Waals surface area contributed by atoms with Crippen molar-refractivity contribution in [2.24, 2.45) is 5.92 Å². The largest absolute Gasteiger partial charge is 0.331 e. The fourth-order valence-electron chi connectivity index (χ4n) is 12.1. The van der Waals surface area contributed by atoms with Crippen molar-refractivity contribution >= 4 is 72.2 Å². The van der Waals surface area contributed by atoms with Crippen molar-refractivity contribution in [3.63, 3.8) is 0 Å². The van der Waals surface area contributed by atoms with Gasteiger partial charge in [0.15, 0.2) is 0 Å². The topological polar surface area (TPSA) is 11.4 Å². The molecule has 4 aliphatic rings. The maximum absolute atomic E-state index is 2.56. The molecule has 3 unspecified atom stereocenters. The number of benzene rings is 8. The summed E-state index contributed by atoms with van der Waals surface area (Å²) in [5, 5.41) is 4.98. The zero-order valence-corrected chi connectivity index (χ0v) is 37.0. The van der Waals surface area contributed by atoms with Crippen LogP contribution in [0.15, 0.2) is 218 Å². The molecule has 9 aromatic rings. The molecule has 0 saturated heterocycles. The molecule has 3 atom stereocenters. The Morgan fingerprint density at radius 3 is 2.14 bits per heavy atom. The number of hydrogen-bond donors (Lipinski definition) is 0. The molecular weight excluding hydrogens is 787 g/mol. The van der Waals surface area contributed by atoms with Crippen LogP contribution in [0.25, 0.3) is 49.4 Å². The minimum Gasteiger partial charge on any atom is -0.331 e. The molecule has 3 aliphatic carbocycles. The first kappa shape index (κ1) is 37.9. The van der Waals surface area contributed by atoms with E-state index in [4.69, 9.17) is 0 Å². The van der Waals surface area contributed by atoms with E-state index in [9.17, 15) is 0 Å². The first-order chi connectivity index (χ1) is 31.9. The number of fused-ring (bicyclic) bond motifs is 10. The van der Waals surface area contributed by atoms with Crippen LogP contribution in [0.5, 0.6) is 0 Å². The number of hydrogen-bond acceptors (Lipinski definition) is 2. The summed E-state index contributed by atoms with van der Waals surface area (Å²) in [6, 6.07) is 67.8. The quantitative estimate of drug-likeness (QED) is 0.165. The summed E-state index contributed by atoms with van der Waals surface area (Å²) >= 11 is 0. The van der Waals surface area contributed by atoms with E-state index >= 15 is 0 Å². The van der Waals surface area contributed by atoms with Gasteiger partial charge in [0, 0.05) is 56.4 Å². The fourth-order valence-corrected chi connectivity index (χ4v) is 12.1. The molecular formula is C62H49N3. The van der Waals surface area contributed by atoms with E-state index in [1.807, 2.05) is 0 Å². The normalized spacial score (nSPS) is 20.1. The third-order valence-electron chi connectivity index (χ3n) is 15.2. The molecule has 2 heterocycles. The summed E-state index contributed by atoms with van der Waals surface area (Å²) in [6.45, 7) is 7.26. The van der Waals surface area contributed by atoms with Crippen molar-refractivity contribution in [3.05, 3.63) is 241 Å². The van der Waals surface area contributed by atoms with Crippen molar-refractivity contribution < 1.29 is 0 Å². The molecule has 65 heavy (non-hydrogen) atoms. The number of allylic oxidation sites excluding steroid dienone is 6. The predicted molar refractivity (Wildman–Crippen MR) is 275 cm³/mol. The van der Waals surface area contributed by atoms with Gasteiger partial charge >= 0.3 is 0 Å². The van der Waals surface area contributed by atoms with Crippen LogP contribution < -0.4 is 9.80 Å². The number of nitrogens with zero attached hydrogens (tertiary/aromatic N) is 3. The van der Waals surface area contributed by atoms with Gasteiger partial charge in [-0.3, -0.25) is 0 Å². The van der Waals surface area contributed by atoms with E-state index in [1.54, 1.807) is 0 Å². The van der Waals surface area contributed by atoms with Crippen molar-refractivity contribution in [2.45, 2.75) is 44.1 Å². The highest BCUT2D eigenvalue weighted by atomic mass is 15.2. The Hall–Kier alpha value is -7.62. The van der Waals surface area contributed by atoms with Crippen molar-refractivity contribution in [3.8, 4) is 5.69 Å². The lowest BCUT2D eigenvalue weighted by Gasteiger charge is -2.40. The van der Waals surface area contributed by atoms with E-state index < -0.39 is 0 Å². The molecule has 3 heteroatoms. The summed E-state index contributed by atoms with van der Waals surface area (Å²) in [4.78, 5) is 5.01. The molecule has 1 aliphatic heterocycles. The second kappa shape index (κ2) is 14.2. The number of rotatable bonds is 6. The Bertz CT molecular complexity index is 3530. The van der Waals surface area contributed by atoms with Gasteiger partial charge in [-0.15, -0.1) is 0 Å². The van der Waals surface area contributed by atoms with Gasteiger partial charge in [-0.25, -0.2) is 0 Å². The van der Waals surface area contributed by atoms with Gasteiger partial charge in [-0.05, 0) is 142 Å². The third-order valence-corrected chi connectivity index (χ3v) is 15.2. The van der Waals surface area contributed by atoms with E-state index in [1.165, 1.54) is 83.0 Å². The van der Waals surface area contributed by atoms with Crippen LogP contribution >= 0.6 is 0 Å². The summed E-state index contributed by atoms with van der Waals surface area (Å²) in [5.41, 5.74) is 17.3. The molecule has 0 amide bonds. The van der Waals surface area contributed by atoms with Gasteiger partial charge in [0.2, 0.25) is 0 Å². The molecule has 312 valence electrons. The lowest BCUT2D eigenvalue weighted by atomic mass is 9.74. The smallest absolute Gasteiger partial charge is 0.0721 e. The molecule has 0 fully saturated rings. The minimum absolute atomic E-state index is 0.0107. The standard InChI is InChI=1S/C62H49N3/c1-61(2)55-24-12-9-20-50(55)51-36-34-48(40-56(51)61)63(47-29-27-41-16-7-8-17-42(41)38-47)44-30-32-45(33-31-44)64-57-25-13-10-21-52(57)53-35-28-43(39-59(53)64)49-23-15-37-62(3)60(49)54-22-11-14-26-58(54)65(62)46-18-5-4-6-19-46/h4-36,38-40,50,55H,37H2,1-3H3. The monoisotopic (exact) mass is 835 g/mol. The van der Waals surface area contributed by atoms with Gasteiger partial charge in [0.25, 0.3) is 0 Å². The Labute approximate surface area is 381 Å². The van der Waals surface area contributed by atoms with E-state index in [0.717, 1.165) is 23.5 Å². The van der Waals surface area contributed by atoms with Crippen LogP contribution in [0.2, 0.25) is 0 Å². The van der Waals surface area contributed by atoms with Gasteiger partial charge in [0.1, 0.15) is 0 Å². The van der Waals surface area contributed by atoms with Crippen LogP contribution in [-0.4, -0.2) is 10.1 Å². The summed E-state index contributed by atoms with van der Waals surface area (Å²) in [5.74, 6) is 0.860. The van der Waals surface area contributed by atoms with Gasteiger partial charge < -0.3 is 14.4 Å². The molecule has 0 N–H and O–H groups in total. The average Bonchev–Trinajstić information content (AvgIpc) is 3.91. The third kappa shape index (κ3) is 5.61. The number of anilines is 5. The Morgan fingerprint density at radius 2 is 1.26 bits per heavy atom. The zero-order chi connectivity index (χ0) is 43.4. The molecule has 13 rings (SSSR count). The maximum Gasteiger partial charge on any atom is 0.0721 e. The van der Waals surface area contributed by atoms with Gasteiger partial charge in [-0.1, -0.05) is 153 Å². The highest BCUT2D eigenvalue weighted by Crippen LogP contribution is 2.57. The lowest BCUT2D eigenvalue weighted by Crippen LogP contribution is -2.40. The Balaban J connectivity index is 0.956. The lowest BCUT2D eigenvalue weighted by molar-refractivity contribution is 0.394. The highest BCUT2D eigenvalue weighted by molar-refractivity contribution is 6.13. The van der Waals surface area contributed by atoms with E-state index in [0.29, 0.717) is 11.8 Å². The van der Waals surface area contributed by atoms with Crippen molar-refractivity contribution in [1.82, 2.24) is 4.57 Å². The molecule has 1 aromatic heterocycles. The predicted octanol–water partition coefficient (Wildman–Crippen LogP) is 16.3. The van der Waals surface area contributed by atoms with Crippen LogP contribution in [0.3, 0.4) is 0 Å². The second-order valence-corrected chi connectivity index (χ2v) is 19.1. The van der Waals surface area contributed by atoms with Crippen molar-refractivity contribution in [2.75, 3.05) is 9.80 Å². The molecule has 8 aromatic carbocycles. The summed E-state index contributed by atoms with van der Waals surface area (Å²) < 4.78 is 2.47. The molecule has 0 bridgehead atoms. The van der Waals surface area contributed by atoms with Gasteiger partial charge in [-0.2, -0.15) is 0 Å². The molecule has 0 spiro atoms. The first-order valence-electron chi connectivity index (χ1n) is 23.2. The average molecular weight is 836 g/mol. The summed E-state index contributed by atoms with van der Waals surface area (Å²) in [6.07, 6.45) is 14.9. The van der Waals surface area contributed by atoms with E-state index in [2.05, 4.69) is 254 Å². The Kier molecular flexibility index (Phi) is 8.27. The van der Waals surface area contributed by atoms with Crippen LogP contribution in [0.4, 0.5) is 28.4 Å². The SMILES string of the molecule is CC1(C)c2cc(N(c3ccc(-n4c5ccccc5c5ccc(C6=C7c8ccccc8N(c8ccccc8)C7(C)CC=C6)cc54)cc3)c3ccc4ccccc4c3)ccc2C2C=CC=CC21. The first-order valence-corrected chi connectivity index (χ1v) is 23.2. The van der Waals surface area contributed by atoms with Crippen LogP contribution in [0.1, 0.15) is 55.4 Å². The molecule has 3 nitrogen and oxygen atoms in total. The zero-order valence-electron chi connectivity index (χ0n) is 37.0.